The summed E-state index contributed by atoms with van der Waals surface area (Å²) in [6, 6.07) is 9.57. The predicted molar refractivity (Wildman–Crippen MR) is 120 cm³/mol. The van der Waals surface area contributed by atoms with Gasteiger partial charge in [-0.2, -0.15) is 13.2 Å². The standard InChI is InChI=1S/C24H24F3N5O2/c1-15-10-17(12-18(11-15)30-22-28-9-6-20(31-22)24(25,26)27)16-4-5-19(29-13-16)21(34)32-23(14-33)7-2-3-8-23/h4-6,9-13,33H,2-3,7-8,14H2,1H3,(H,32,34)(H,28,30,31). The SMILES string of the molecule is Cc1cc(Nc2nccc(C(F)(F)F)n2)cc(-c2ccc(C(=O)NC3(CO)CCCC3)nc2)c1. The normalized spacial score (nSPS) is 15.2. The van der Waals surface area contributed by atoms with Gasteiger partial charge in [0.05, 0.1) is 12.1 Å². The lowest BCUT2D eigenvalue weighted by molar-refractivity contribution is -0.141. The van der Waals surface area contributed by atoms with Crippen molar-refractivity contribution in [2.45, 2.75) is 44.3 Å². The van der Waals surface area contributed by atoms with Crippen LogP contribution in [0.1, 0.15) is 47.4 Å². The number of aryl methyl sites for hydroxylation is 1. The van der Waals surface area contributed by atoms with Crippen molar-refractivity contribution < 1.29 is 23.1 Å². The van der Waals surface area contributed by atoms with E-state index in [0.29, 0.717) is 5.69 Å². The van der Waals surface area contributed by atoms with Crippen LogP contribution in [0.5, 0.6) is 0 Å². The topological polar surface area (TPSA) is 100 Å². The molecule has 10 heteroatoms. The molecule has 4 rings (SSSR count). The number of anilines is 2. The first-order valence-electron chi connectivity index (χ1n) is 10.9. The van der Waals surface area contributed by atoms with Crippen LogP contribution in [-0.2, 0) is 6.18 Å². The Kier molecular flexibility index (Phi) is 6.52. The summed E-state index contributed by atoms with van der Waals surface area (Å²) in [5.41, 5.74) is 1.49. The van der Waals surface area contributed by atoms with E-state index in [9.17, 15) is 23.1 Å². The Morgan fingerprint density at radius 1 is 1.09 bits per heavy atom. The summed E-state index contributed by atoms with van der Waals surface area (Å²) in [7, 11) is 0. The largest absolute Gasteiger partial charge is 0.433 e. The number of nitrogens with zero attached hydrogens (tertiary/aromatic N) is 3. The molecule has 2 aromatic heterocycles. The summed E-state index contributed by atoms with van der Waals surface area (Å²) in [5, 5.41) is 15.5. The van der Waals surface area contributed by atoms with E-state index in [0.717, 1.165) is 54.6 Å². The number of hydrogen-bond acceptors (Lipinski definition) is 6. The van der Waals surface area contributed by atoms with Crippen molar-refractivity contribution in [1.29, 1.82) is 0 Å². The van der Waals surface area contributed by atoms with E-state index in [-0.39, 0.29) is 24.2 Å². The van der Waals surface area contributed by atoms with Gasteiger partial charge in [-0.25, -0.2) is 9.97 Å². The van der Waals surface area contributed by atoms with Crippen molar-refractivity contribution in [3.8, 4) is 11.1 Å². The van der Waals surface area contributed by atoms with Crippen molar-refractivity contribution >= 4 is 17.5 Å². The fraction of sp³-hybridized carbons (Fsp3) is 0.333. The molecular formula is C24H24F3N5O2. The first-order valence-corrected chi connectivity index (χ1v) is 10.9. The van der Waals surface area contributed by atoms with Crippen LogP contribution < -0.4 is 10.6 Å². The van der Waals surface area contributed by atoms with Crippen LogP contribution in [0.4, 0.5) is 24.8 Å². The van der Waals surface area contributed by atoms with Gasteiger partial charge in [0.1, 0.15) is 11.4 Å². The van der Waals surface area contributed by atoms with Crippen molar-refractivity contribution in [2.24, 2.45) is 0 Å². The molecule has 3 N–H and O–H groups in total. The van der Waals surface area contributed by atoms with Gasteiger partial charge in [0.2, 0.25) is 5.95 Å². The van der Waals surface area contributed by atoms with Crippen molar-refractivity contribution in [3.05, 3.63) is 65.7 Å². The highest BCUT2D eigenvalue weighted by atomic mass is 19.4. The average Bonchev–Trinajstić information content (AvgIpc) is 3.27. The number of alkyl halides is 3. The van der Waals surface area contributed by atoms with Crippen LogP contribution in [-0.4, -0.2) is 38.1 Å². The van der Waals surface area contributed by atoms with E-state index in [1.807, 2.05) is 13.0 Å². The minimum absolute atomic E-state index is 0.106. The number of hydrogen-bond donors (Lipinski definition) is 3. The number of nitrogens with one attached hydrogen (secondary N) is 2. The van der Waals surface area contributed by atoms with Crippen LogP contribution in [0.3, 0.4) is 0 Å². The van der Waals surface area contributed by atoms with E-state index < -0.39 is 17.4 Å². The van der Waals surface area contributed by atoms with E-state index in [1.165, 1.54) is 0 Å². The molecule has 7 nitrogen and oxygen atoms in total. The van der Waals surface area contributed by atoms with Gasteiger partial charge in [-0.05, 0) is 55.2 Å². The molecule has 1 aliphatic carbocycles. The van der Waals surface area contributed by atoms with Gasteiger partial charge in [0.25, 0.3) is 5.91 Å². The number of aliphatic hydroxyl groups is 1. The van der Waals surface area contributed by atoms with Crippen molar-refractivity contribution in [1.82, 2.24) is 20.3 Å². The van der Waals surface area contributed by atoms with Gasteiger partial charge in [0.15, 0.2) is 0 Å². The molecular weight excluding hydrogens is 447 g/mol. The maximum Gasteiger partial charge on any atom is 0.433 e. The fourth-order valence-electron chi connectivity index (χ4n) is 4.11. The van der Waals surface area contributed by atoms with Gasteiger partial charge in [-0.1, -0.05) is 25.0 Å². The van der Waals surface area contributed by atoms with Crippen LogP contribution in [0.2, 0.25) is 0 Å². The molecule has 0 bridgehead atoms. The van der Waals surface area contributed by atoms with Gasteiger partial charge in [0, 0.05) is 23.6 Å². The molecule has 1 aliphatic rings. The minimum atomic E-state index is -4.56. The van der Waals surface area contributed by atoms with Crippen molar-refractivity contribution in [3.63, 3.8) is 0 Å². The summed E-state index contributed by atoms with van der Waals surface area (Å²) in [6.07, 6.45) is 1.45. The average molecular weight is 471 g/mol. The number of benzene rings is 1. The molecule has 0 aliphatic heterocycles. The number of halogens is 3. The number of amides is 1. The number of pyridine rings is 1. The molecule has 0 atom stereocenters. The van der Waals surface area contributed by atoms with Gasteiger partial charge in [-0.3, -0.25) is 9.78 Å². The molecule has 1 amide bonds. The number of aromatic nitrogens is 3. The summed E-state index contributed by atoms with van der Waals surface area (Å²) in [5.74, 6) is -0.503. The lowest BCUT2D eigenvalue weighted by Crippen LogP contribution is -2.49. The zero-order valence-electron chi connectivity index (χ0n) is 18.5. The third-order valence-corrected chi connectivity index (χ3v) is 5.85. The molecule has 1 aromatic carbocycles. The molecule has 1 fully saturated rings. The zero-order valence-corrected chi connectivity index (χ0v) is 18.5. The Morgan fingerprint density at radius 2 is 1.85 bits per heavy atom. The first-order chi connectivity index (χ1) is 16.2. The van der Waals surface area contributed by atoms with E-state index in [4.69, 9.17) is 0 Å². The number of aliphatic hydroxyl groups excluding tert-OH is 1. The number of rotatable bonds is 6. The van der Waals surface area contributed by atoms with Gasteiger partial charge in [-0.15, -0.1) is 0 Å². The molecule has 0 saturated heterocycles. The highest BCUT2D eigenvalue weighted by molar-refractivity contribution is 5.93. The molecule has 0 spiro atoms. The second kappa shape index (κ2) is 9.38. The van der Waals surface area contributed by atoms with Crippen molar-refractivity contribution in [2.75, 3.05) is 11.9 Å². The Morgan fingerprint density at radius 3 is 2.50 bits per heavy atom. The Labute approximate surface area is 194 Å². The molecule has 178 valence electrons. The first kappa shape index (κ1) is 23.6. The lowest BCUT2D eigenvalue weighted by Gasteiger charge is -2.27. The molecule has 3 aromatic rings. The maximum atomic E-state index is 12.9. The van der Waals surface area contributed by atoms with E-state index in [2.05, 4.69) is 25.6 Å². The third kappa shape index (κ3) is 5.33. The van der Waals surface area contributed by atoms with Crippen LogP contribution in [0, 0.1) is 6.92 Å². The maximum absolute atomic E-state index is 12.9. The third-order valence-electron chi connectivity index (χ3n) is 5.85. The smallest absolute Gasteiger partial charge is 0.394 e. The number of carbonyl (C=O) groups excluding carboxylic acids is 1. The molecule has 34 heavy (non-hydrogen) atoms. The Balaban J connectivity index is 1.52. The van der Waals surface area contributed by atoms with Crippen LogP contribution in [0.15, 0.2) is 48.8 Å². The number of carbonyl (C=O) groups is 1. The Hall–Kier alpha value is -3.53. The predicted octanol–water partition coefficient (Wildman–Crippen LogP) is 4.64. The lowest BCUT2D eigenvalue weighted by atomic mass is 9.98. The summed E-state index contributed by atoms with van der Waals surface area (Å²) < 4.78 is 38.8. The minimum Gasteiger partial charge on any atom is -0.394 e. The zero-order chi connectivity index (χ0) is 24.3. The van der Waals surface area contributed by atoms with E-state index >= 15 is 0 Å². The monoisotopic (exact) mass is 471 g/mol. The van der Waals surface area contributed by atoms with Gasteiger partial charge >= 0.3 is 6.18 Å². The van der Waals surface area contributed by atoms with E-state index in [1.54, 1.807) is 30.5 Å². The van der Waals surface area contributed by atoms with Crippen LogP contribution >= 0.6 is 0 Å². The molecule has 0 unspecified atom stereocenters. The second-order valence-electron chi connectivity index (χ2n) is 8.51. The highest BCUT2D eigenvalue weighted by Crippen LogP contribution is 2.31. The molecule has 0 radical (unpaired) electrons. The van der Waals surface area contributed by atoms with Crippen LogP contribution in [0.25, 0.3) is 11.1 Å². The molecule has 2 heterocycles. The quantitative estimate of drug-likeness (QED) is 0.484. The summed E-state index contributed by atoms with van der Waals surface area (Å²) >= 11 is 0. The second-order valence-corrected chi connectivity index (χ2v) is 8.51. The highest BCUT2D eigenvalue weighted by Gasteiger charge is 2.35. The summed E-state index contributed by atoms with van der Waals surface area (Å²) in [4.78, 5) is 24.3. The van der Waals surface area contributed by atoms with Gasteiger partial charge < -0.3 is 15.7 Å². The summed E-state index contributed by atoms with van der Waals surface area (Å²) in [6.45, 7) is 1.75. The molecule has 1 saturated carbocycles. The Bertz CT molecular complexity index is 1180. The fourth-order valence-corrected chi connectivity index (χ4v) is 4.11.